The molecule has 0 heterocycles. The SMILES string of the molecule is COC(=O)[C@@H](CSCC(=O)C(=O)OCCOc1ccc(OCCO[N+](=O)[O-])cc1)NC(C)=O. The molecule has 182 valence electrons. The average molecular weight is 488 g/mol. The molecule has 0 unspecified atom stereocenters. The zero-order valence-corrected chi connectivity index (χ0v) is 18.8. The lowest BCUT2D eigenvalue weighted by molar-refractivity contribution is -0.757. The Hall–Kier alpha value is -3.55. The van der Waals surface area contributed by atoms with Gasteiger partial charge in [0.05, 0.1) is 12.9 Å². The number of amides is 1. The van der Waals surface area contributed by atoms with E-state index in [9.17, 15) is 29.3 Å². The van der Waals surface area contributed by atoms with Crippen LogP contribution in [0.25, 0.3) is 0 Å². The first-order chi connectivity index (χ1) is 15.7. The van der Waals surface area contributed by atoms with Gasteiger partial charge in [-0.3, -0.25) is 9.59 Å². The quantitative estimate of drug-likeness (QED) is 0.110. The van der Waals surface area contributed by atoms with E-state index in [-0.39, 0.29) is 37.9 Å². The number of methoxy groups -OCH3 is 1. The third kappa shape index (κ3) is 12.2. The molecule has 0 aliphatic rings. The normalized spacial score (nSPS) is 11.0. The zero-order valence-electron chi connectivity index (χ0n) is 18.0. The van der Waals surface area contributed by atoms with Gasteiger partial charge in [-0.25, -0.2) is 9.59 Å². The predicted octanol–water partition coefficient (Wildman–Crippen LogP) is 0.176. The summed E-state index contributed by atoms with van der Waals surface area (Å²) in [6, 6.07) is 5.40. The molecule has 33 heavy (non-hydrogen) atoms. The third-order valence-electron chi connectivity index (χ3n) is 3.57. The van der Waals surface area contributed by atoms with Crippen molar-refractivity contribution in [2.45, 2.75) is 13.0 Å². The third-order valence-corrected chi connectivity index (χ3v) is 4.60. The van der Waals surface area contributed by atoms with Gasteiger partial charge >= 0.3 is 11.9 Å². The summed E-state index contributed by atoms with van der Waals surface area (Å²) in [7, 11) is 1.17. The van der Waals surface area contributed by atoms with Crippen molar-refractivity contribution in [3.8, 4) is 11.5 Å². The summed E-state index contributed by atoms with van der Waals surface area (Å²) >= 11 is 0.979. The van der Waals surface area contributed by atoms with E-state index in [0.717, 1.165) is 11.8 Å². The first-order valence-electron chi connectivity index (χ1n) is 9.48. The number of rotatable bonds is 16. The van der Waals surface area contributed by atoms with Gasteiger partial charge in [0.2, 0.25) is 11.7 Å². The van der Waals surface area contributed by atoms with Crippen molar-refractivity contribution < 1.29 is 48.0 Å². The van der Waals surface area contributed by atoms with Gasteiger partial charge in [-0.2, -0.15) is 11.8 Å². The molecule has 1 aromatic rings. The van der Waals surface area contributed by atoms with Crippen LogP contribution in [0.1, 0.15) is 6.92 Å². The molecule has 14 heteroatoms. The second kappa shape index (κ2) is 15.3. The second-order valence-electron chi connectivity index (χ2n) is 6.08. The molecule has 0 aliphatic carbocycles. The Balaban J connectivity index is 2.25. The maximum atomic E-state index is 11.8. The van der Waals surface area contributed by atoms with E-state index in [0.29, 0.717) is 11.5 Å². The lowest BCUT2D eigenvalue weighted by Crippen LogP contribution is -2.42. The molecule has 0 saturated heterocycles. The Labute approximate surface area is 193 Å². The van der Waals surface area contributed by atoms with Crippen LogP contribution in [0.3, 0.4) is 0 Å². The van der Waals surface area contributed by atoms with E-state index in [2.05, 4.69) is 14.9 Å². The van der Waals surface area contributed by atoms with Gasteiger partial charge in [0.25, 0.3) is 5.09 Å². The van der Waals surface area contributed by atoms with Crippen molar-refractivity contribution in [2.75, 3.05) is 45.0 Å². The number of Topliss-reactive ketones (excluding diaryl/α,β-unsaturated/α-hetero) is 1. The molecule has 0 aromatic heterocycles. The summed E-state index contributed by atoms with van der Waals surface area (Å²) in [5.41, 5.74) is 0. The largest absolute Gasteiger partial charge is 0.492 e. The summed E-state index contributed by atoms with van der Waals surface area (Å²) < 4.78 is 20.0. The van der Waals surface area contributed by atoms with Crippen molar-refractivity contribution in [1.82, 2.24) is 5.32 Å². The maximum Gasteiger partial charge on any atom is 0.375 e. The lowest BCUT2D eigenvalue weighted by Gasteiger charge is -2.14. The molecule has 0 aliphatic heterocycles. The lowest BCUT2D eigenvalue weighted by atomic mass is 10.3. The summed E-state index contributed by atoms with van der Waals surface area (Å²) in [6.45, 7) is 0.874. The van der Waals surface area contributed by atoms with E-state index in [1.807, 2.05) is 0 Å². The highest BCUT2D eigenvalue weighted by Crippen LogP contribution is 2.17. The second-order valence-corrected chi connectivity index (χ2v) is 7.11. The van der Waals surface area contributed by atoms with Crippen molar-refractivity contribution in [2.24, 2.45) is 0 Å². The molecule has 1 aromatic carbocycles. The van der Waals surface area contributed by atoms with Crippen LogP contribution < -0.4 is 14.8 Å². The molecule has 1 amide bonds. The number of benzene rings is 1. The molecule has 0 bridgehead atoms. The maximum absolute atomic E-state index is 11.8. The van der Waals surface area contributed by atoms with Crippen LogP contribution in [0.2, 0.25) is 0 Å². The fraction of sp³-hybridized carbons (Fsp3) is 0.474. The molecule has 1 N–H and O–H groups in total. The molecule has 1 rings (SSSR count). The molecule has 0 spiro atoms. The smallest absolute Gasteiger partial charge is 0.375 e. The highest BCUT2D eigenvalue weighted by atomic mass is 32.2. The Morgan fingerprint density at radius 1 is 1.03 bits per heavy atom. The number of hydrogen-bond acceptors (Lipinski definition) is 12. The Morgan fingerprint density at radius 3 is 2.12 bits per heavy atom. The monoisotopic (exact) mass is 488 g/mol. The van der Waals surface area contributed by atoms with Crippen LogP contribution in [0.15, 0.2) is 24.3 Å². The van der Waals surface area contributed by atoms with Gasteiger partial charge in [-0.05, 0) is 24.3 Å². The van der Waals surface area contributed by atoms with E-state index in [1.165, 1.54) is 14.0 Å². The van der Waals surface area contributed by atoms with E-state index < -0.39 is 34.8 Å². The van der Waals surface area contributed by atoms with Gasteiger partial charge in [0.15, 0.2) is 0 Å². The Bertz CT molecular complexity index is 816. The van der Waals surface area contributed by atoms with Gasteiger partial charge in [-0.1, -0.05) is 0 Å². The first kappa shape index (κ1) is 27.5. The standard InChI is InChI=1S/C19H24N2O11S/c1-13(22)20-16(18(24)28-2)11-33-12-17(23)19(25)31-8-7-29-14-3-5-15(6-4-14)30-9-10-32-21(26)27/h3-6,16H,7-12H2,1-2H3,(H,20,22)/t16-/m1/s1. The fourth-order valence-electron chi connectivity index (χ4n) is 2.16. The number of nitrogens with zero attached hydrogens (tertiary/aromatic N) is 1. The zero-order chi connectivity index (χ0) is 24.6. The van der Waals surface area contributed by atoms with Crippen molar-refractivity contribution >= 4 is 35.4 Å². The first-order valence-corrected chi connectivity index (χ1v) is 10.6. The molecule has 0 saturated carbocycles. The van der Waals surface area contributed by atoms with Crippen molar-refractivity contribution in [3.63, 3.8) is 0 Å². The molecule has 13 nitrogen and oxygen atoms in total. The summed E-state index contributed by atoms with van der Waals surface area (Å²) in [5, 5.41) is 11.5. The van der Waals surface area contributed by atoms with E-state index in [1.54, 1.807) is 24.3 Å². The molecule has 0 fully saturated rings. The Morgan fingerprint density at radius 2 is 1.61 bits per heavy atom. The number of nitrogens with one attached hydrogen (secondary N) is 1. The average Bonchev–Trinajstić information content (AvgIpc) is 2.78. The van der Waals surface area contributed by atoms with E-state index >= 15 is 0 Å². The van der Waals surface area contributed by atoms with Crippen LogP contribution in [0.5, 0.6) is 11.5 Å². The molecule has 0 radical (unpaired) electrons. The van der Waals surface area contributed by atoms with Crippen LogP contribution in [0, 0.1) is 10.1 Å². The number of ketones is 1. The molecular formula is C19H24N2O11S. The van der Waals surface area contributed by atoms with Crippen LogP contribution in [-0.2, 0) is 33.5 Å². The van der Waals surface area contributed by atoms with Gasteiger partial charge in [0, 0.05) is 12.7 Å². The minimum Gasteiger partial charge on any atom is -0.492 e. The number of esters is 2. The van der Waals surface area contributed by atoms with Gasteiger partial charge in [0.1, 0.15) is 44.0 Å². The predicted molar refractivity (Wildman–Crippen MR) is 113 cm³/mol. The van der Waals surface area contributed by atoms with Gasteiger partial charge < -0.3 is 29.1 Å². The number of carbonyl (C=O) groups excluding carboxylic acids is 4. The highest BCUT2D eigenvalue weighted by Gasteiger charge is 2.22. The topological polar surface area (TPSA) is 170 Å². The van der Waals surface area contributed by atoms with Crippen molar-refractivity contribution in [3.05, 3.63) is 34.4 Å². The Kier molecular flexibility index (Phi) is 12.7. The number of hydrogen-bond donors (Lipinski definition) is 1. The minimum absolute atomic E-state index is 0.0000350. The summed E-state index contributed by atoms with van der Waals surface area (Å²) in [6.07, 6.45) is 0. The number of thioether (sulfide) groups is 1. The number of carbonyl (C=O) groups is 4. The van der Waals surface area contributed by atoms with E-state index in [4.69, 9.17) is 14.2 Å². The minimum atomic E-state index is -1.04. The summed E-state index contributed by atoms with van der Waals surface area (Å²) in [5.74, 6) is -2.20. The fourth-order valence-corrected chi connectivity index (χ4v) is 3.04. The van der Waals surface area contributed by atoms with Crippen LogP contribution in [0.4, 0.5) is 0 Å². The van der Waals surface area contributed by atoms with Crippen molar-refractivity contribution in [1.29, 1.82) is 0 Å². The molecule has 1 atom stereocenters. The van der Waals surface area contributed by atoms with Gasteiger partial charge in [-0.15, -0.1) is 10.1 Å². The van der Waals surface area contributed by atoms with Crippen LogP contribution >= 0.6 is 11.8 Å². The number of ether oxygens (including phenoxy) is 4. The highest BCUT2D eigenvalue weighted by molar-refractivity contribution is 8.00. The van der Waals surface area contributed by atoms with Crippen LogP contribution in [-0.4, -0.2) is 79.8 Å². The molecular weight excluding hydrogens is 464 g/mol. The summed E-state index contributed by atoms with van der Waals surface area (Å²) in [4.78, 5) is 60.4.